The Balaban J connectivity index is 3.11. The fourth-order valence-corrected chi connectivity index (χ4v) is 2.38. The number of hydrogen-bond acceptors (Lipinski definition) is 8. The number of nitrogens with zero attached hydrogens (tertiary/aromatic N) is 3. The van der Waals surface area contributed by atoms with Crippen molar-refractivity contribution in [2.45, 2.75) is 50.7 Å². The molecule has 0 unspecified atom stereocenters. The SMILES string of the molecule is CC(=O)OC[C@H]1O[C@H](Cl)[C@H](N=[N+]=[N-])[C@@H](OC(C)=O)[C@@H]1OC(C)=O. The van der Waals surface area contributed by atoms with Gasteiger partial charge in [0, 0.05) is 25.7 Å². The van der Waals surface area contributed by atoms with Crippen LogP contribution >= 0.6 is 11.6 Å². The zero-order valence-corrected chi connectivity index (χ0v) is 13.4. The minimum absolute atomic E-state index is 0.281. The number of azide groups is 1. The van der Waals surface area contributed by atoms with Crippen molar-refractivity contribution in [3.63, 3.8) is 0 Å². The first-order valence-electron chi connectivity index (χ1n) is 6.57. The van der Waals surface area contributed by atoms with Crippen molar-refractivity contribution in [3.8, 4) is 0 Å². The first-order chi connectivity index (χ1) is 10.8. The summed E-state index contributed by atoms with van der Waals surface area (Å²) in [4.78, 5) is 36.2. The molecule has 0 saturated carbocycles. The number of ether oxygens (including phenoxy) is 4. The van der Waals surface area contributed by atoms with E-state index in [0.29, 0.717) is 0 Å². The smallest absolute Gasteiger partial charge is 0.303 e. The van der Waals surface area contributed by atoms with Crippen LogP contribution < -0.4 is 0 Å². The molecule has 0 amide bonds. The highest BCUT2D eigenvalue weighted by atomic mass is 35.5. The topological polar surface area (TPSA) is 137 Å². The van der Waals surface area contributed by atoms with Crippen molar-refractivity contribution >= 4 is 29.5 Å². The van der Waals surface area contributed by atoms with Gasteiger partial charge in [-0.25, -0.2) is 0 Å². The highest BCUT2D eigenvalue weighted by molar-refractivity contribution is 6.20. The molecule has 0 spiro atoms. The van der Waals surface area contributed by atoms with Crippen LogP contribution in [0.2, 0.25) is 0 Å². The number of hydrogen-bond donors (Lipinski definition) is 0. The minimum Gasteiger partial charge on any atom is -0.463 e. The van der Waals surface area contributed by atoms with E-state index in [0.717, 1.165) is 13.8 Å². The van der Waals surface area contributed by atoms with Crippen LogP contribution in [0.25, 0.3) is 10.4 Å². The molecule has 0 aromatic carbocycles. The molecule has 0 aromatic heterocycles. The molecule has 23 heavy (non-hydrogen) atoms. The second kappa shape index (κ2) is 8.56. The lowest BCUT2D eigenvalue weighted by atomic mass is 9.98. The van der Waals surface area contributed by atoms with Crippen LogP contribution in [-0.2, 0) is 33.3 Å². The second-order valence-corrected chi connectivity index (χ2v) is 5.10. The molecule has 1 aliphatic rings. The monoisotopic (exact) mass is 349 g/mol. The lowest BCUT2D eigenvalue weighted by Gasteiger charge is -2.41. The fraction of sp³-hybridized carbons (Fsp3) is 0.750. The van der Waals surface area contributed by atoms with Crippen LogP contribution in [0.3, 0.4) is 0 Å². The Labute approximate surface area is 136 Å². The van der Waals surface area contributed by atoms with Gasteiger partial charge in [-0.15, -0.1) is 0 Å². The summed E-state index contributed by atoms with van der Waals surface area (Å²) in [5.74, 6) is -1.96. The molecule has 10 nitrogen and oxygen atoms in total. The van der Waals surface area contributed by atoms with Crippen LogP contribution in [0.4, 0.5) is 0 Å². The average Bonchev–Trinajstić information content (AvgIpc) is 2.42. The van der Waals surface area contributed by atoms with Crippen molar-refractivity contribution in [3.05, 3.63) is 10.4 Å². The Hall–Kier alpha value is -2.03. The Morgan fingerprint density at radius 1 is 1.13 bits per heavy atom. The Bertz CT molecular complexity index is 523. The Kier molecular flexibility index (Phi) is 7.08. The molecule has 128 valence electrons. The normalized spacial score (nSPS) is 29.8. The summed E-state index contributed by atoms with van der Waals surface area (Å²) in [6.45, 7) is 3.19. The molecule has 0 radical (unpaired) electrons. The summed E-state index contributed by atoms with van der Waals surface area (Å²) >= 11 is 5.99. The first-order valence-corrected chi connectivity index (χ1v) is 7.01. The van der Waals surface area contributed by atoms with Gasteiger partial charge in [0.1, 0.15) is 24.3 Å². The lowest BCUT2D eigenvalue weighted by Crippen LogP contribution is -2.59. The van der Waals surface area contributed by atoms with Crippen LogP contribution in [0, 0.1) is 0 Å². The molecule has 0 aromatic rings. The summed E-state index contributed by atoms with van der Waals surface area (Å²) in [5.41, 5.74) is 7.46. The van der Waals surface area contributed by atoms with E-state index in [2.05, 4.69) is 10.0 Å². The average molecular weight is 350 g/mol. The van der Waals surface area contributed by atoms with Gasteiger partial charge in [0.25, 0.3) is 0 Å². The lowest BCUT2D eigenvalue weighted by molar-refractivity contribution is -0.209. The van der Waals surface area contributed by atoms with Crippen LogP contribution in [-0.4, -0.2) is 54.4 Å². The summed E-state index contributed by atoms with van der Waals surface area (Å²) in [5, 5.41) is 3.43. The van der Waals surface area contributed by atoms with Crippen molar-refractivity contribution < 1.29 is 33.3 Å². The number of halogens is 1. The molecule has 0 N–H and O–H groups in total. The maximum Gasteiger partial charge on any atom is 0.303 e. The Morgan fingerprint density at radius 3 is 2.17 bits per heavy atom. The summed E-state index contributed by atoms with van der Waals surface area (Å²) in [6.07, 6.45) is -3.31. The maximum atomic E-state index is 11.3. The molecule has 0 aliphatic carbocycles. The van der Waals surface area contributed by atoms with Crippen molar-refractivity contribution in [2.75, 3.05) is 6.61 Å². The van der Waals surface area contributed by atoms with Gasteiger partial charge in [0.05, 0.1) is 0 Å². The molecule has 0 bridgehead atoms. The first kappa shape index (κ1) is 19.0. The molecular weight excluding hydrogens is 334 g/mol. The quantitative estimate of drug-likeness (QED) is 0.180. The predicted molar refractivity (Wildman–Crippen MR) is 75.2 cm³/mol. The van der Waals surface area contributed by atoms with Gasteiger partial charge >= 0.3 is 17.9 Å². The third-order valence-electron chi connectivity index (χ3n) is 2.84. The molecule has 1 saturated heterocycles. The molecule has 11 heteroatoms. The minimum atomic E-state index is -1.18. The number of alkyl halides is 1. The van der Waals surface area contributed by atoms with E-state index in [1.807, 2.05) is 0 Å². The van der Waals surface area contributed by atoms with Gasteiger partial charge in [-0.3, -0.25) is 14.4 Å². The van der Waals surface area contributed by atoms with E-state index < -0.39 is 47.8 Å². The molecule has 1 aliphatic heterocycles. The predicted octanol–water partition coefficient (Wildman–Crippen LogP) is 1.06. The maximum absolute atomic E-state index is 11.3. The summed E-state index contributed by atoms with van der Waals surface area (Å²) in [6, 6.07) is -1.12. The zero-order chi connectivity index (χ0) is 17.6. The van der Waals surface area contributed by atoms with Gasteiger partial charge in [-0.05, 0) is 5.53 Å². The summed E-state index contributed by atoms with van der Waals surface area (Å²) in [7, 11) is 0. The summed E-state index contributed by atoms with van der Waals surface area (Å²) < 4.78 is 20.4. The van der Waals surface area contributed by atoms with E-state index in [1.54, 1.807) is 0 Å². The number of esters is 3. The third-order valence-corrected chi connectivity index (χ3v) is 3.20. The second-order valence-electron chi connectivity index (χ2n) is 4.67. The number of rotatable bonds is 5. The highest BCUT2D eigenvalue weighted by Gasteiger charge is 2.49. The molecule has 1 rings (SSSR count). The number of carbonyl (C=O) groups excluding carboxylic acids is 3. The van der Waals surface area contributed by atoms with Gasteiger partial charge in [0.15, 0.2) is 12.2 Å². The molecule has 1 fully saturated rings. The van der Waals surface area contributed by atoms with E-state index in [-0.39, 0.29) is 6.61 Å². The third kappa shape index (κ3) is 5.59. The highest BCUT2D eigenvalue weighted by Crippen LogP contribution is 2.30. The van der Waals surface area contributed by atoms with Crippen molar-refractivity contribution in [1.29, 1.82) is 0 Å². The standard InChI is InChI=1S/C12H16ClN3O7/c1-5(17)20-4-8-10(21-6(2)18)11(22-7(3)19)9(15-16-14)12(13)23-8/h8-12H,4H2,1-3H3/t8-,9-,10-,11-,12+/m1/s1. The van der Waals surface area contributed by atoms with Gasteiger partial charge in [-0.2, -0.15) is 0 Å². The van der Waals surface area contributed by atoms with E-state index in [9.17, 15) is 14.4 Å². The van der Waals surface area contributed by atoms with E-state index in [4.69, 9.17) is 36.1 Å². The zero-order valence-electron chi connectivity index (χ0n) is 12.7. The van der Waals surface area contributed by atoms with Crippen LogP contribution in [0.15, 0.2) is 5.11 Å². The van der Waals surface area contributed by atoms with E-state index >= 15 is 0 Å². The van der Waals surface area contributed by atoms with Crippen LogP contribution in [0.5, 0.6) is 0 Å². The molecule has 1 heterocycles. The van der Waals surface area contributed by atoms with E-state index in [1.165, 1.54) is 6.92 Å². The van der Waals surface area contributed by atoms with Gasteiger partial charge in [0.2, 0.25) is 0 Å². The van der Waals surface area contributed by atoms with Crippen LogP contribution in [0.1, 0.15) is 20.8 Å². The van der Waals surface area contributed by atoms with Crippen molar-refractivity contribution in [1.82, 2.24) is 0 Å². The molecule has 5 atom stereocenters. The van der Waals surface area contributed by atoms with Gasteiger partial charge in [-0.1, -0.05) is 16.7 Å². The largest absolute Gasteiger partial charge is 0.463 e. The Morgan fingerprint density at radius 2 is 1.70 bits per heavy atom. The fourth-order valence-electron chi connectivity index (χ4n) is 2.05. The van der Waals surface area contributed by atoms with Gasteiger partial charge < -0.3 is 18.9 Å². The number of carbonyl (C=O) groups is 3. The molecular formula is C12H16ClN3O7. The van der Waals surface area contributed by atoms with Crippen molar-refractivity contribution in [2.24, 2.45) is 5.11 Å².